The minimum atomic E-state index is -0.817. The van der Waals surface area contributed by atoms with Gasteiger partial charge in [-0.15, -0.1) is 0 Å². The maximum absolute atomic E-state index is 12.3. The Balaban J connectivity index is 1.66. The molecule has 0 saturated heterocycles. The van der Waals surface area contributed by atoms with Gasteiger partial charge >= 0.3 is 0 Å². The quantitative estimate of drug-likeness (QED) is 0.733. The average molecular weight is 385 g/mol. The van der Waals surface area contributed by atoms with Crippen molar-refractivity contribution in [2.24, 2.45) is 0 Å². The summed E-state index contributed by atoms with van der Waals surface area (Å²) in [5.41, 5.74) is 0.0800. The summed E-state index contributed by atoms with van der Waals surface area (Å²) in [4.78, 5) is 28.6. The highest BCUT2D eigenvalue weighted by Crippen LogP contribution is 2.31. The topological polar surface area (TPSA) is 115 Å². The number of nitrogens with zero attached hydrogens (tertiary/aromatic N) is 2. The number of amides is 2. The number of nitriles is 1. The number of carbonyl (C=O) groups is 2. The normalized spacial score (nSPS) is 14.5. The second-order valence-electron chi connectivity index (χ2n) is 6.43. The van der Waals surface area contributed by atoms with Gasteiger partial charge in [0.2, 0.25) is 5.91 Å². The zero-order valence-corrected chi connectivity index (χ0v) is 15.1. The molecule has 2 aromatic rings. The zero-order valence-electron chi connectivity index (χ0n) is 14.3. The number of phenolic OH excluding ortho intramolecular Hbond substituents is 1. The second kappa shape index (κ2) is 7.64. The van der Waals surface area contributed by atoms with Gasteiger partial charge < -0.3 is 15.7 Å². The lowest BCUT2D eigenvalue weighted by Gasteiger charge is -2.35. The van der Waals surface area contributed by atoms with Crippen molar-refractivity contribution in [3.63, 3.8) is 0 Å². The first kappa shape index (κ1) is 18.7. The van der Waals surface area contributed by atoms with Crippen molar-refractivity contribution in [2.45, 2.75) is 31.2 Å². The molecule has 1 aromatic heterocycles. The van der Waals surface area contributed by atoms with Gasteiger partial charge in [0, 0.05) is 22.5 Å². The number of nitrogens with one attached hydrogen (secondary N) is 2. The molecule has 0 unspecified atom stereocenters. The van der Waals surface area contributed by atoms with Crippen LogP contribution >= 0.6 is 11.6 Å². The minimum Gasteiger partial charge on any atom is -0.508 e. The highest BCUT2D eigenvalue weighted by Gasteiger charge is 2.39. The van der Waals surface area contributed by atoms with Crippen molar-refractivity contribution in [3.05, 3.63) is 52.8 Å². The summed E-state index contributed by atoms with van der Waals surface area (Å²) in [5.74, 6) is -0.857. The molecule has 1 aliphatic carbocycles. The van der Waals surface area contributed by atoms with Gasteiger partial charge in [-0.05, 0) is 49.6 Å². The summed E-state index contributed by atoms with van der Waals surface area (Å²) < 4.78 is 0. The van der Waals surface area contributed by atoms with Gasteiger partial charge in [0.25, 0.3) is 5.91 Å². The van der Waals surface area contributed by atoms with E-state index >= 15 is 0 Å². The summed E-state index contributed by atoms with van der Waals surface area (Å²) in [5, 5.41) is 24.8. The number of anilines is 1. The smallest absolute Gasteiger partial charge is 0.271 e. The first-order valence-corrected chi connectivity index (χ1v) is 8.76. The van der Waals surface area contributed by atoms with Crippen LogP contribution in [0.5, 0.6) is 5.75 Å². The lowest BCUT2D eigenvalue weighted by atomic mass is 9.78. The van der Waals surface area contributed by atoms with Crippen LogP contribution < -0.4 is 10.6 Å². The van der Waals surface area contributed by atoms with Crippen molar-refractivity contribution in [3.8, 4) is 11.8 Å². The lowest BCUT2D eigenvalue weighted by Crippen LogP contribution is -2.52. The third-order valence-electron chi connectivity index (χ3n) is 4.44. The fourth-order valence-electron chi connectivity index (χ4n) is 2.78. The van der Waals surface area contributed by atoms with Gasteiger partial charge in [0.1, 0.15) is 17.0 Å². The summed E-state index contributed by atoms with van der Waals surface area (Å²) in [6.45, 7) is 0. The van der Waals surface area contributed by atoms with E-state index < -0.39 is 11.4 Å². The van der Waals surface area contributed by atoms with E-state index in [9.17, 15) is 20.0 Å². The van der Waals surface area contributed by atoms with Crippen molar-refractivity contribution in [1.29, 1.82) is 5.26 Å². The standard InChI is InChI=1S/C19H17ClN4O3/c20-13-2-3-16(25)12(8-13)9-17(26)23-14-4-7-22-15(10-14)18(27)24-19(11-21)5-1-6-19/h2-4,7-8,10,25H,1,5-6,9H2,(H,24,27)(H,22,23,26). The average Bonchev–Trinajstić information content (AvgIpc) is 2.61. The molecule has 1 saturated carbocycles. The summed E-state index contributed by atoms with van der Waals surface area (Å²) in [7, 11) is 0. The monoisotopic (exact) mass is 384 g/mol. The number of carbonyl (C=O) groups excluding carboxylic acids is 2. The highest BCUT2D eigenvalue weighted by atomic mass is 35.5. The van der Waals surface area contributed by atoms with Crippen LogP contribution in [0.3, 0.4) is 0 Å². The van der Waals surface area contributed by atoms with E-state index in [0.29, 0.717) is 29.1 Å². The maximum atomic E-state index is 12.3. The first-order chi connectivity index (χ1) is 12.9. The number of pyridine rings is 1. The van der Waals surface area contributed by atoms with Crippen molar-refractivity contribution in [1.82, 2.24) is 10.3 Å². The number of phenols is 1. The van der Waals surface area contributed by atoms with Crippen molar-refractivity contribution < 1.29 is 14.7 Å². The van der Waals surface area contributed by atoms with E-state index in [1.54, 1.807) is 6.07 Å². The molecule has 8 heteroatoms. The van der Waals surface area contributed by atoms with Crippen LogP contribution in [0.1, 0.15) is 35.3 Å². The number of benzene rings is 1. The van der Waals surface area contributed by atoms with Crippen LogP contribution in [0.2, 0.25) is 5.02 Å². The summed E-state index contributed by atoms with van der Waals surface area (Å²) >= 11 is 5.88. The maximum Gasteiger partial charge on any atom is 0.271 e. The number of hydrogen-bond acceptors (Lipinski definition) is 5. The molecule has 138 valence electrons. The molecule has 1 aliphatic rings. The molecule has 0 aliphatic heterocycles. The Morgan fingerprint density at radius 1 is 1.30 bits per heavy atom. The molecule has 0 bridgehead atoms. The molecular formula is C19H17ClN4O3. The molecule has 0 spiro atoms. The van der Waals surface area contributed by atoms with Crippen LogP contribution in [-0.2, 0) is 11.2 Å². The van der Waals surface area contributed by atoms with Gasteiger partial charge in [0.15, 0.2) is 0 Å². The molecule has 1 aromatic carbocycles. The summed E-state index contributed by atoms with van der Waals surface area (Å²) in [6, 6.07) is 9.59. The molecule has 0 atom stereocenters. The molecular weight excluding hydrogens is 368 g/mol. The number of halogens is 1. The number of rotatable bonds is 5. The van der Waals surface area contributed by atoms with Gasteiger partial charge in [0.05, 0.1) is 12.5 Å². The molecule has 3 rings (SSSR count). The minimum absolute atomic E-state index is 0.0216. The lowest BCUT2D eigenvalue weighted by molar-refractivity contribution is -0.115. The highest BCUT2D eigenvalue weighted by molar-refractivity contribution is 6.30. The molecule has 7 nitrogen and oxygen atoms in total. The third kappa shape index (κ3) is 4.36. The Bertz CT molecular complexity index is 935. The Labute approximate surface area is 161 Å². The molecule has 1 fully saturated rings. The Morgan fingerprint density at radius 3 is 2.74 bits per heavy atom. The molecule has 0 radical (unpaired) electrons. The number of aromatic nitrogens is 1. The predicted molar refractivity (Wildman–Crippen MR) is 99.3 cm³/mol. The van der Waals surface area contributed by atoms with Crippen molar-refractivity contribution in [2.75, 3.05) is 5.32 Å². The third-order valence-corrected chi connectivity index (χ3v) is 4.68. The van der Waals surface area contributed by atoms with E-state index in [2.05, 4.69) is 21.7 Å². The van der Waals surface area contributed by atoms with Crippen LogP contribution in [0.15, 0.2) is 36.5 Å². The molecule has 2 amide bonds. The number of aromatic hydroxyl groups is 1. The van der Waals surface area contributed by atoms with Crippen molar-refractivity contribution >= 4 is 29.1 Å². The fourth-order valence-corrected chi connectivity index (χ4v) is 2.98. The fraction of sp³-hybridized carbons (Fsp3) is 0.263. The van der Waals surface area contributed by atoms with E-state index in [1.165, 1.54) is 30.5 Å². The molecule has 3 N–H and O–H groups in total. The molecule has 27 heavy (non-hydrogen) atoms. The van der Waals surface area contributed by atoms with Crippen LogP contribution in [0, 0.1) is 11.3 Å². The predicted octanol–water partition coefficient (Wildman–Crippen LogP) is 2.80. The van der Waals surface area contributed by atoms with E-state index in [0.717, 1.165) is 6.42 Å². The van der Waals surface area contributed by atoms with E-state index in [1.807, 2.05) is 0 Å². The van der Waals surface area contributed by atoms with Gasteiger partial charge in [-0.25, -0.2) is 0 Å². The van der Waals surface area contributed by atoms with Crippen LogP contribution in [0.25, 0.3) is 0 Å². The van der Waals surface area contributed by atoms with E-state index in [-0.39, 0.29) is 23.8 Å². The Morgan fingerprint density at radius 2 is 2.07 bits per heavy atom. The number of hydrogen-bond donors (Lipinski definition) is 3. The van der Waals surface area contributed by atoms with Crippen LogP contribution in [-0.4, -0.2) is 27.4 Å². The Hall–Kier alpha value is -3.11. The SMILES string of the molecule is N#CC1(NC(=O)c2cc(NC(=O)Cc3cc(Cl)ccc3O)ccn2)CCC1. The Kier molecular flexibility index (Phi) is 5.28. The van der Waals surface area contributed by atoms with Gasteiger partial charge in [-0.1, -0.05) is 11.6 Å². The van der Waals surface area contributed by atoms with E-state index in [4.69, 9.17) is 11.6 Å². The first-order valence-electron chi connectivity index (χ1n) is 8.38. The van der Waals surface area contributed by atoms with Gasteiger partial charge in [-0.3, -0.25) is 14.6 Å². The van der Waals surface area contributed by atoms with Gasteiger partial charge in [-0.2, -0.15) is 5.26 Å². The largest absolute Gasteiger partial charge is 0.508 e. The second-order valence-corrected chi connectivity index (χ2v) is 6.87. The zero-order chi connectivity index (χ0) is 19.4. The van der Waals surface area contributed by atoms with Crippen LogP contribution in [0.4, 0.5) is 5.69 Å². The summed E-state index contributed by atoms with van der Waals surface area (Å²) in [6.07, 6.45) is 3.46. The molecule has 1 heterocycles.